The maximum Gasteiger partial charge on any atom is 0.267 e. The van der Waals surface area contributed by atoms with Crippen LogP contribution >= 0.6 is 0 Å². The number of benzene rings is 1. The molecule has 2 saturated heterocycles. The second-order valence-electron chi connectivity index (χ2n) is 11.6. The second kappa shape index (κ2) is 8.77. The number of pyridine rings is 1. The Morgan fingerprint density at radius 1 is 1.08 bits per heavy atom. The highest BCUT2D eigenvalue weighted by Gasteiger charge is 2.54. The molecule has 1 aromatic carbocycles. The van der Waals surface area contributed by atoms with E-state index in [-0.39, 0.29) is 36.9 Å². The van der Waals surface area contributed by atoms with Gasteiger partial charge in [0, 0.05) is 31.0 Å². The van der Waals surface area contributed by atoms with E-state index in [1.807, 2.05) is 4.90 Å². The molecule has 4 aliphatic rings. The van der Waals surface area contributed by atoms with Crippen LogP contribution in [0.1, 0.15) is 48.5 Å². The van der Waals surface area contributed by atoms with Crippen LogP contribution in [0.5, 0.6) is 0 Å². The largest absolute Gasteiger partial charge is 0.380 e. The molecular weight excluding hydrogens is 493 g/mol. The molecule has 0 bridgehead atoms. The highest BCUT2D eigenvalue weighted by atomic mass is 19.3. The maximum atomic E-state index is 15.0. The number of alkyl halides is 2. The monoisotopic (exact) mass is 524 g/mol. The molecule has 3 fully saturated rings. The van der Waals surface area contributed by atoms with Crippen LogP contribution in [0.2, 0.25) is 0 Å². The summed E-state index contributed by atoms with van der Waals surface area (Å²) in [7, 11) is 0. The highest BCUT2D eigenvalue weighted by molar-refractivity contribution is 5.48. The topological polar surface area (TPSA) is 59.3 Å². The SMILES string of the molecule is CCc1ccc2c(c1)CN(CC(F)(F)C1COC1)Cc1nnc(C3CC4(C3)CN(c3ccc(F)cn3)C4)n1-2. The Bertz CT molecular complexity index is 1340. The molecular formula is C28H31F3N6O. The van der Waals surface area contributed by atoms with Crippen LogP contribution in [-0.2, 0) is 24.2 Å². The van der Waals surface area contributed by atoms with E-state index in [9.17, 15) is 13.2 Å². The fraction of sp³-hybridized carbons (Fsp3) is 0.536. The lowest BCUT2D eigenvalue weighted by atomic mass is 9.57. The summed E-state index contributed by atoms with van der Waals surface area (Å²) in [5, 5.41) is 9.15. The van der Waals surface area contributed by atoms with Crippen molar-refractivity contribution in [2.45, 2.75) is 51.1 Å². The van der Waals surface area contributed by atoms with Crippen LogP contribution in [0.4, 0.5) is 19.0 Å². The van der Waals surface area contributed by atoms with E-state index in [0.29, 0.717) is 13.1 Å². The first-order chi connectivity index (χ1) is 18.3. The summed E-state index contributed by atoms with van der Waals surface area (Å²) in [5.41, 5.74) is 3.44. The van der Waals surface area contributed by atoms with Crippen LogP contribution in [0.25, 0.3) is 5.69 Å². The van der Waals surface area contributed by atoms with Crippen LogP contribution in [-0.4, -0.2) is 63.4 Å². The Morgan fingerprint density at radius 3 is 2.58 bits per heavy atom. The molecule has 3 aliphatic heterocycles. The lowest BCUT2D eigenvalue weighted by molar-refractivity contribution is -0.179. The van der Waals surface area contributed by atoms with E-state index in [0.717, 1.165) is 61.1 Å². The summed E-state index contributed by atoms with van der Waals surface area (Å²) in [6, 6.07) is 9.54. The van der Waals surface area contributed by atoms with Gasteiger partial charge < -0.3 is 9.64 Å². The molecule has 1 spiro atoms. The van der Waals surface area contributed by atoms with Crippen LogP contribution in [0, 0.1) is 17.2 Å². The van der Waals surface area contributed by atoms with E-state index >= 15 is 0 Å². The molecule has 10 heteroatoms. The van der Waals surface area contributed by atoms with Gasteiger partial charge in [-0.1, -0.05) is 19.1 Å². The van der Waals surface area contributed by atoms with Gasteiger partial charge in [0.15, 0.2) is 5.82 Å². The first kappa shape index (κ1) is 24.1. The maximum absolute atomic E-state index is 15.0. The first-order valence-electron chi connectivity index (χ1n) is 13.4. The number of aryl methyl sites for hydroxylation is 1. The van der Waals surface area contributed by atoms with Crippen molar-refractivity contribution in [1.29, 1.82) is 0 Å². The van der Waals surface area contributed by atoms with E-state index in [4.69, 9.17) is 4.74 Å². The van der Waals surface area contributed by atoms with Crippen molar-refractivity contribution in [3.63, 3.8) is 0 Å². The van der Waals surface area contributed by atoms with Gasteiger partial charge in [-0.3, -0.25) is 9.47 Å². The predicted octanol–water partition coefficient (Wildman–Crippen LogP) is 4.35. The van der Waals surface area contributed by atoms with Gasteiger partial charge in [0.2, 0.25) is 0 Å². The number of fused-ring (bicyclic) bond motifs is 3. The summed E-state index contributed by atoms with van der Waals surface area (Å²) in [6.45, 7) is 4.59. The number of aromatic nitrogens is 4. The Morgan fingerprint density at radius 2 is 1.89 bits per heavy atom. The Hall–Kier alpha value is -2.98. The number of halogens is 3. The molecule has 0 atom stereocenters. The average molecular weight is 525 g/mol. The van der Waals surface area contributed by atoms with E-state index in [1.54, 1.807) is 6.07 Å². The van der Waals surface area contributed by atoms with Gasteiger partial charge in [0.1, 0.15) is 17.5 Å². The van der Waals surface area contributed by atoms with Crippen LogP contribution < -0.4 is 4.90 Å². The van der Waals surface area contributed by atoms with Crippen LogP contribution in [0.15, 0.2) is 36.5 Å². The number of nitrogens with zero attached hydrogens (tertiary/aromatic N) is 6. The molecule has 200 valence electrons. The zero-order chi connectivity index (χ0) is 26.1. The fourth-order valence-electron chi connectivity index (χ4n) is 6.59. The average Bonchev–Trinajstić information content (AvgIpc) is 3.12. The van der Waals surface area contributed by atoms with Crippen molar-refractivity contribution in [1.82, 2.24) is 24.6 Å². The standard InChI is InChI=1S/C28H31F3N6O/c1-2-18-3-5-23-19(7-18)11-35(17-28(30,31)21-13-38-14-21)12-25-33-34-26(37(23)25)20-8-27(9-20)15-36(16-27)24-6-4-22(29)10-32-24/h3-7,10,20-21H,2,8-9,11-17H2,1H3. The third-order valence-electron chi connectivity index (χ3n) is 8.79. The molecule has 7 nitrogen and oxygen atoms in total. The number of rotatable bonds is 6. The molecule has 0 N–H and O–H groups in total. The Balaban J connectivity index is 1.13. The number of anilines is 1. The molecule has 3 aromatic rings. The summed E-state index contributed by atoms with van der Waals surface area (Å²) < 4.78 is 50.4. The predicted molar refractivity (Wildman–Crippen MR) is 135 cm³/mol. The fourth-order valence-corrected chi connectivity index (χ4v) is 6.59. The minimum absolute atomic E-state index is 0.121. The van der Waals surface area contributed by atoms with Gasteiger partial charge in [0.25, 0.3) is 5.92 Å². The molecule has 2 aromatic heterocycles. The number of hydrogen-bond donors (Lipinski definition) is 0. The van der Waals surface area contributed by atoms with E-state index < -0.39 is 11.8 Å². The third kappa shape index (κ3) is 4.00. The quantitative estimate of drug-likeness (QED) is 0.478. The van der Waals surface area contributed by atoms with Gasteiger partial charge in [-0.2, -0.15) is 0 Å². The Kier molecular flexibility index (Phi) is 5.56. The molecule has 0 amide bonds. The van der Waals surface area contributed by atoms with Gasteiger partial charge in [-0.05, 0) is 48.6 Å². The Labute approximate surface area is 219 Å². The van der Waals surface area contributed by atoms with Crippen molar-refractivity contribution < 1.29 is 17.9 Å². The van der Waals surface area contributed by atoms with Gasteiger partial charge >= 0.3 is 0 Å². The molecule has 1 saturated carbocycles. The van der Waals surface area contributed by atoms with Crippen molar-refractivity contribution in [2.75, 3.05) is 37.7 Å². The van der Waals surface area contributed by atoms with Crippen molar-refractivity contribution >= 4 is 5.82 Å². The summed E-state index contributed by atoms with van der Waals surface area (Å²) >= 11 is 0. The number of hydrogen-bond acceptors (Lipinski definition) is 6. The third-order valence-corrected chi connectivity index (χ3v) is 8.79. The minimum Gasteiger partial charge on any atom is -0.380 e. The summed E-state index contributed by atoms with van der Waals surface area (Å²) in [6.07, 6.45) is 4.13. The first-order valence-corrected chi connectivity index (χ1v) is 13.4. The zero-order valence-corrected chi connectivity index (χ0v) is 21.4. The minimum atomic E-state index is -2.81. The van der Waals surface area contributed by atoms with E-state index in [2.05, 4.69) is 49.8 Å². The van der Waals surface area contributed by atoms with Gasteiger partial charge in [0.05, 0.1) is 44.1 Å². The summed E-state index contributed by atoms with van der Waals surface area (Å²) in [5.74, 6) is -1.15. The number of ether oxygens (including phenoxy) is 1. The highest BCUT2D eigenvalue weighted by Crippen LogP contribution is 2.56. The van der Waals surface area contributed by atoms with Gasteiger partial charge in [-0.15, -0.1) is 10.2 Å². The molecule has 0 unspecified atom stereocenters. The molecule has 5 heterocycles. The second-order valence-corrected chi connectivity index (χ2v) is 11.6. The van der Waals surface area contributed by atoms with Crippen molar-refractivity contribution in [2.24, 2.45) is 11.3 Å². The van der Waals surface area contributed by atoms with Crippen molar-refractivity contribution in [3.05, 3.63) is 65.1 Å². The zero-order valence-electron chi connectivity index (χ0n) is 21.4. The molecule has 38 heavy (non-hydrogen) atoms. The smallest absolute Gasteiger partial charge is 0.267 e. The lowest BCUT2D eigenvalue weighted by Crippen LogP contribution is -2.62. The molecule has 1 aliphatic carbocycles. The van der Waals surface area contributed by atoms with Crippen LogP contribution in [0.3, 0.4) is 0 Å². The molecule has 7 rings (SSSR count). The van der Waals surface area contributed by atoms with Gasteiger partial charge in [-0.25, -0.2) is 18.2 Å². The van der Waals surface area contributed by atoms with Crippen molar-refractivity contribution in [3.8, 4) is 5.69 Å². The summed E-state index contributed by atoms with van der Waals surface area (Å²) in [4.78, 5) is 8.21. The lowest BCUT2D eigenvalue weighted by Gasteiger charge is -2.59. The normalized spacial score (nSPS) is 21.3. The molecule has 0 radical (unpaired) electrons. The van der Waals surface area contributed by atoms with E-state index in [1.165, 1.54) is 17.8 Å².